The highest BCUT2D eigenvalue weighted by atomic mass is 32.2. The zero-order valence-electron chi connectivity index (χ0n) is 9.85. The van der Waals surface area contributed by atoms with E-state index in [1.165, 1.54) is 0 Å². The molecule has 92 valence electrons. The first-order valence-electron chi connectivity index (χ1n) is 5.79. The lowest BCUT2D eigenvalue weighted by molar-refractivity contribution is -0.119. The van der Waals surface area contributed by atoms with E-state index in [1.807, 2.05) is 0 Å². The van der Waals surface area contributed by atoms with Crippen LogP contribution in [0.3, 0.4) is 0 Å². The van der Waals surface area contributed by atoms with E-state index in [9.17, 15) is 9.00 Å². The first kappa shape index (κ1) is 12.3. The molecule has 1 saturated carbocycles. The Labute approximate surface area is 104 Å². The van der Waals surface area contributed by atoms with Gasteiger partial charge in [-0.3, -0.25) is 9.00 Å². The lowest BCUT2D eigenvalue weighted by Crippen LogP contribution is -2.29. The minimum absolute atomic E-state index is 0.144. The number of rotatable bonds is 3. The van der Waals surface area contributed by atoms with Gasteiger partial charge in [0.1, 0.15) is 11.5 Å². The molecule has 0 aliphatic heterocycles. The predicted octanol–water partition coefficient (Wildman–Crippen LogP) is 2.31. The van der Waals surface area contributed by atoms with Gasteiger partial charge in [-0.15, -0.1) is 0 Å². The van der Waals surface area contributed by atoms with Gasteiger partial charge in [0.05, 0.1) is 23.2 Å². The van der Waals surface area contributed by atoms with Crippen LogP contribution < -0.4 is 4.74 Å². The lowest BCUT2D eigenvalue weighted by atomic mass is 9.99. The van der Waals surface area contributed by atoms with Crippen LogP contribution >= 0.6 is 0 Å². The molecular formula is C13H16O3S. The van der Waals surface area contributed by atoms with Gasteiger partial charge in [-0.25, -0.2) is 0 Å². The van der Waals surface area contributed by atoms with Crippen LogP contribution in [0.25, 0.3) is 0 Å². The summed E-state index contributed by atoms with van der Waals surface area (Å²) in [5.74, 6) is 0.881. The number of carbonyl (C=O) groups is 1. The van der Waals surface area contributed by atoms with Gasteiger partial charge in [-0.2, -0.15) is 0 Å². The van der Waals surface area contributed by atoms with E-state index < -0.39 is 10.8 Å². The summed E-state index contributed by atoms with van der Waals surface area (Å²) in [5.41, 5.74) is 0. The monoisotopic (exact) mass is 252 g/mol. The van der Waals surface area contributed by atoms with Gasteiger partial charge in [0.15, 0.2) is 0 Å². The Morgan fingerprint density at radius 1 is 1.24 bits per heavy atom. The van der Waals surface area contributed by atoms with Gasteiger partial charge in [-0.1, -0.05) is 6.42 Å². The number of ketones is 1. The fourth-order valence-corrected chi connectivity index (χ4v) is 3.52. The van der Waals surface area contributed by atoms with E-state index in [1.54, 1.807) is 31.4 Å². The predicted molar refractivity (Wildman–Crippen MR) is 66.7 cm³/mol. The van der Waals surface area contributed by atoms with Crippen molar-refractivity contribution in [1.82, 2.24) is 0 Å². The number of hydrogen-bond acceptors (Lipinski definition) is 3. The van der Waals surface area contributed by atoms with Crippen molar-refractivity contribution in [2.45, 2.75) is 35.8 Å². The van der Waals surface area contributed by atoms with E-state index in [2.05, 4.69) is 0 Å². The molecular weight excluding hydrogens is 236 g/mol. The number of methoxy groups -OCH3 is 1. The molecule has 0 unspecified atom stereocenters. The number of Topliss-reactive ketones (excluding diaryl/α,β-unsaturated/α-hetero) is 1. The highest BCUT2D eigenvalue weighted by Gasteiger charge is 2.28. The van der Waals surface area contributed by atoms with Crippen LogP contribution in [0.1, 0.15) is 25.7 Å². The molecule has 1 aromatic rings. The van der Waals surface area contributed by atoms with Crippen molar-refractivity contribution in [2.75, 3.05) is 7.11 Å². The fourth-order valence-electron chi connectivity index (χ4n) is 2.05. The molecule has 0 saturated heterocycles. The van der Waals surface area contributed by atoms with Crippen LogP contribution in [0.2, 0.25) is 0 Å². The molecule has 1 fully saturated rings. The Balaban J connectivity index is 2.15. The van der Waals surface area contributed by atoms with E-state index in [0.29, 0.717) is 11.3 Å². The van der Waals surface area contributed by atoms with E-state index in [0.717, 1.165) is 25.0 Å². The van der Waals surface area contributed by atoms with Gasteiger partial charge < -0.3 is 4.74 Å². The second-order valence-electron chi connectivity index (χ2n) is 4.17. The average molecular weight is 252 g/mol. The van der Waals surface area contributed by atoms with Crippen molar-refractivity contribution < 1.29 is 13.7 Å². The maximum Gasteiger partial charge on any atom is 0.148 e. The van der Waals surface area contributed by atoms with Crippen molar-refractivity contribution in [1.29, 1.82) is 0 Å². The molecule has 2 rings (SSSR count). The maximum absolute atomic E-state index is 12.3. The minimum Gasteiger partial charge on any atom is -0.497 e. The van der Waals surface area contributed by atoms with Crippen LogP contribution in [0.4, 0.5) is 0 Å². The highest BCUT2D eigenvalue weighted by molar-refractivity contribution is 7.86. The maximum atomic E-state index is 12.3. The first-order valence-corrected chi connectivity index (χ1v) is 7.01. The van der Waals surface area contributed by atoms with Crippen LogP contribution in [0, 0.1) is 0 Å². The van der Waals surface area contributed by atoms with Crippen molar-refractivity contribution >= 4 is 16.6 Å². The Hall–Kier alpha value is -1.16. The Kier molecular flexibility index (Phi) is 3.94. The Morgan fingerprint density at radius 2 is 1.94 bits per heavy atom. The molecule has 0 bridgehead atoms. The Morgan fingerprint density at radius 3 is 2.53 bits per heavy atom. The lowest BCUT2D eigenvalue weighted by Gasteiger charge is -2.19. The van der Waals surface area contributed by atoms with Crippen LogP contribution in [-0.2, 0) is 15.6 Å². The van der Waals surface area contributed by atoms with Gasteiger partial charge >= 0.3 is 0 Å². The second-order valence-corrected chi connectivity index (χ2v) is 5.81. The molecule has 0 N–H and O–H groups in total. The molecule has 1 aliphatic carbocycles. The average Bonchev–Trinajstić information content (AvgIpc) is 2.39. The van der Waals surface area contributed by atoms with Crippen molar-refractivity contribution in [3.8, 4) is 5.75 Å². The summed E-state index contributed by atoms with van der Waals surface area (Å²) in [5, 5.41) is -0.308. The molecule has 0 aromatic heterocycles. The Bertz CT molecular complexity index is 425. The normalized spacial score (nSPS) is 22.2. The highest BCUT2D eigenvalue weighted by Crippen LogP contribution is 2.24. The number of ether oxygens (including phenoxy) is 1. The van der Waals surface area contributed by atoms with Crippen LogP contribution in [0.5, 0.6) is 5.75 Å². The first-order chi connectivity index (χ1) is 8.22. The summed E-state index contributed by atoms with van der Waals surface area (Å²) in [6.07, 6.45) is 3.26. The summed E-state index contributed by atoms with van der Waals surface area (Å²) < 4.78 is 17.3. The zero-order valence-corrected chi connectivity index (χ0v) is 10.7. The summed E-state index contributed by atoms with van der Waals surface area (Å²) in [6.45, 7) is 0. The molecule has 0 radical (unpaired) electrons. The van der Waals surface area contributed by atoms with Crippen molar-refractivity contribution in [2.24, 2.45) is 0 Å². The zero-order chi connectivity index (χ0) is 12.3. The van der Waals surface area contributed by atoms with Gasteiger partial charge in [-0.05, 0) is 37.1 Å². The van der Waals surface area contributed by atoms with Gasteiger partial charge in [0.2, 0.25) is 0 Å². The molecule has 17 heavy (non-hydrogen) atoms. The molecule has 1 aliphatic rings. The van der Waals surface area contributed by atoms with E-state index >= 15 is 0 Å². The summed E-state index contributed by atoms with van der Waals surface area (Å²) in [6, 6.07) is 7.11. The number of hydrogen-bond donors (Lipinski definition) is 0. The SMILES string of the molecule is COc1ccc([S@](=O)[C@H]2CCCCC2=O)cc1. The van der Waals surface area contributed by atoms with Crippen LogP contribution in [-0.4, -0.2) is 22.4 Å². The van der Waals surface area contributed by atoms with E-state index in [-0.39, 0.29) is 11.0 Å². The largest absolute Gasteiger partial charge is 0.497 e. The smallest absolute Gasteiger partial charge is 0.148 e. The number of benzene rings is 1. The molecule has 2 atom stereocenters. The minimum atomic E-state index is -1.22. The van der Waals surface area contributed by atoms with Crippen LogP contribution in [0.15, 0.2) is 29.2 Å². The third-order valence-electron chi connectivity index (χ3n) is 3.05. The second kappa shape index (κ2) is 5.45. The van der Waals surface area contributed by atoms with Gasteiger partial charge in [0.25, 0.3) is 0 Å². The molecule has 0 spiro atoms. The molecule has 4 heteroatoms. The molecule has 3 nitrogen and oxygen atoms in total. The third-order valence-corrected chi connectivity index (χ3v) is 4.80. The summed E-state index contributed by atoms with van der Waals surface area (Å²) in [4.78, 5) is 12.4. The summed E-state index contributed by atoms with van der Waals surface area (Å²) in [7, 11) is 0.379. The summed E-state index contributed by atoms with van der Waals surface area (Å²) >= 11 is 0. The standard InChI is InChI=1S/C13H16O3S/c1-16-10-6-8-11(9-7-10)17(15)13-5-3-2-4-12(13)14/h6-9,13H,2-5H2,1H3/t13-,17-/m0/s1. The fraction of sp³-hybridized carbons (Fsp3) is 0.462. The molecule has 0 heterocycles. The quantitative estimate of drug-likeness (QED) is 0.829. The van der Waals surface area contributed by atoms with Gasteiger partial charge in [0, 0.05) is 11.3 Å². The molecule has 1 aromatic carbocycles. The van der Waals surface area contributed by atoms with Crippen molar-refractivity contribution in [3.05, 3.63) is 24.3 Å². The topological polar surface area (TPSA) is 43.4 Å². The number of carbonyl (C=O) groups excluding carboxylic acids is 1. The van der Waals surface area contributed by atoms with E-state index in [4.69, 9.17) is 4.74 Å². The van der Waals surface area contributed by atoms with Crippen molar-refractivity contribution in [3.63, 3.8) is 0 Å². The molecule has 0 amide bonds. The third kappa shape index (κ3) is 2.75.